The molecular weight excluding hydrogens is 398 g/mol. The minimum absolute atomic E-state index is 0.330. The van der Waals surface area contributed by atoms with Crippen molar-refractivity contribution >= 4 is 22.7 Å². The molecule has 0 saturated heterocycles. The number of anilines is 1. The molecule has 0 saturated carbocycles. The molecule has 1 N–H and O–H groups in total. The highest BCUT2D eigenvalue weighted by molar-refractivity contribution is 6.13. The first-order valence-electron chi connectivity index (χ1n) is 9.68. The van der Waals surface area contributed by atoms with E-state index in [9.17, 15) is 8.78 Å². The zero-order valence-corrected chi connectivity index (χ0v) is 16.9. The van der Waals surface area contributed by atoms with Crippen LogP contribution in [0.15, 0.2) is 60.9 Å². The number of rotatable bonds is 4. The van der Waals surface area contributed by atoms with Gasteiger partial charge in [0.25, 0.3) is 0 Å². The molecule has 0 radical (unpaired) electrons. The first-order valence-corrected chi connectivity index (χ1v) is 9.68. The Morgan fingerprint density at radius 1 is 0.871 bits per heavy atom. The number of hydrogen-bond acceptors (Lipinski definition) is 4. The third-order valence-electron chi connectivity index (χ3n) is 5.40. The predicted octanol–water partition coefficient (Wildman–Crippen LogP) is 6.26. The molecule has 5 rings (SSSR count). The molecule has 6 heteroatoms. The van der Waals surface area contributed by atoms with Gasteiger partial charge < -0.3 is 14.8 Å². The molecule has 1 aliphatic heterocycles. The van der Waals surface area contributed by atoms with Crippen LogP contribution < -0.4 is 14.8 Å². The van der Waals surface area contributed by atoms with Crippen LogP contribution in [0.1, 0.15) is 5.56 Å². The van der Waals surface area contributed by atoms with E-state index in [1.165, 1.54) is 24.3 Å². The number of aromatic nitrogens is 1. The molecule has 4 nitrogen and oxygen atoms in total. The number of nitrogens with one attached hydrogen (secondary N) is 1. The van der Waals surface area contributed by atoms with E-state index in [1.807, 2.05) is 18.2 Å². The lowest BCUT2D eigenvalue weighted by Gasteiger charge is -2.24. The predicted molar refractivity (Wildman–Crippen MR) is 118 cm³/mol. The minimum atomic E-state index is -0.351. The molecule has 0 unspecified atom stereocenters. The normalized spacial score (nSPS) is 12.0. The summed E-state index contributed by atoms with van der Waals surface area (Å²) in [4.78, 5) is 4.65. The maximum Gasteiger partial charge on any atom is 0.187 e. The molecule has 2 heterocycles. The molecule has 4 aromatic rings. The summed E-state index contributed by atoms with van der Waals surface area (Å²) in [5, 5.41) is 4.07. The second kappa shape index (κ2) is 7.40. The zero-order chi connectivity index (χ0) is 21.5. The second-order valence-corrected chi connectivity index (χ2v) is 7.12. The average molecular weight is 416 g/mol. The highest BCUT2D eigenvalue weighted by Gasteiger charge is 2.27. The molecule has 0 aliphatic carbocycles. The number of nitrogens with zero attached hydrogens (tertiary/aromatic N) is 1. The highest BCUT2D eigenvalue weighted by Crippen LogP contribution is 2.51. The number of hydrogen-bond donors (Lipinski definition) is 1. The van der Waals surface area contributed by atoms with Crippen LogP contribution in [0, 0.1) is 11.6 Å². The van der Waals surface area contributed by atoms with E-state index in [0.29, 0.717) is 33.7 Å². The van der Waals surface area contributed by atoms with Crippen molar-refractivity contribution in [1.29, 1.82) is 0 Å². The third kappa shape index (κ3) is 2.99. The molecule has 154 valence electrons. The van der Waals surface area contributed by atoms with Gasteiger partial charge >= 0.3 is 0 Å². The van der Waals surface area contributed by atoms with E-state index in [-0.39, 0.29) is 11.6 Å². The lowest BCUT2D eigenvalue weighted by molar-refractivity contribution is 0.359. The smallest absolute Gasteiger partial charge is 0.187 e. The monoisotopic (exact) mass is 416 g/mol. The Morgan fingerprint density at radius 3 is 2.23 bits per heavy atom. The lowest BCUT2D eigenvalue weighted by Crippen LogP contribution is -2.05. The summed E-state index contributed by atoms with van der Waals surface area (Å²) in [5.74, 6) is 0.239. The van der Waals surface area contributed by atoms with E-state index in [1.54, 1.807) is 38.7 Å². The molecule has 0 bridgehead atoms. The summed E-state index contributed by atoms with van der Waals surface area (Å²) >= 11 is 0. The van der Waals surface area contributed by atoms with Crippen LogP contribution in [-0.2, 0) is 0 Å². The molecule has 1 aliphatic rings. The topological polar surface area (TPSA) is 43.4 Å². The Bertz CT molecular complexity index is 1370. The SMILES string of the molecule is COc1c(-c2cccc(F)c2)c2c3c(c(-c4cccc(F)c4)cnc3c1OC)NC=C2. The van der Waals surface area contributed by atoms with Crippen molar-refractivity contribution < 1.29 is 18.3 Å². The van der Waals surface area contributed by atoms with E-state index in [2.05, 4.69) is 10.3 Å². The Hall–Kier alpha value is -3.93. The minimum Gasteiger partial charge on any atom is -0.492 e. The van der Waals surface area contributed by atoms with Gasteiger partial charge in [0.05, 0.1) is 19.9 Å². The van der Waals surface area contributed by atoms with Crippen LogP contribution in [0.3, 0.4) is 0 Å². The van der Waals surface area contributed by atoms with Gasteiger partial charge in [-0.3, -0.25) is 4.98 Å². The fourth-order valence-corrected chi connectivity index (χ4v) is 4.13. The fraction of sp³-hybridized carbons (Fsp3) is 0.0800. The van der Waals surface area contributed by atoms with E-state index in [0.717, 1.165) is 22.2 Å². The third-order valence-corrected chi connectivity index (χ3v) is 5.40. The maximum absolute atomic E-state index is 14.1. The van der Waals surface area contributed by atoms with Gasteiger partial charge in [0.15, 0.2) is 11.5 Å². The second-order valence-electron chi connectivity index (χ2n) is 7.12. The van der Waals surface area contributed by atoms with Crippen molar-refractivity contribution in [2.45, 2.75) is 0 Å². The molecular formula is C25H18F2N2O2. The van der Waals surface area contributed by atoms with Crippen molar-refractivity contribution in [3.63, 3.8) is 0 Å². The highest BCUT2D eigenvalue weighted by atomic mass is 19.1. The molecule has 1 aromatic heterocycles. The fourth-order valence-electron chi connectivity index (χ4n) is 4.13. The number of pyridine rings is 1. The van der Waals surface area contributed by atoms with Gasteiger partial charge in [-0.05, 0) is 47.0 Å². The van der Waals surface area contributed by atoms with Crippen LogP contribution in [0.2, 0.25) is 0 Å². The van der Waals surface area contributed by atoms with Gasteiger partial charge in [-0.25, -0.2) is 8.78 Å². The van der Waals surface area contributed by atoms with Crippen LogP contribution in [0.4, 0.5) is 14.5 Å². The van der Waals surface area contributed by atoms with Gasteiger partial charge in [-0.2, -0.15) is 0 Å². The van der Waals surface area contributed by atoms with Crippen molar-refractivity contribution in [1.82, 2.24) is 4.98 Å². The van der Waals surface area contributed by atoms with Crippen LogP contribution in [-0.4, -0.2) is 19.2 Å². The Kier molecular flexibility index (Phi) is 4.55. The largest absolute Gasteiger partial charge is 0.492 e. The van der Waals surface area contributed by atoms with Crippen LogP contribution in [0.25, 0.3) is 39.2 Å². The van der Waals surface area contributed by atoms with Crippen molar-refractivity contribution in [3.05, 3.63) is 78.1 Å². The number of ether oxygens (including phenoxy) is 2. The van der Waals surface area contributed by atoms with Crippen LogP contribution in [0.5, 0.6) is 11.5 Å². The molecule has 0 amide bonds. The molecule has 3 aromatic carbocycles. The van der Waals surface area contributed by atoms with Crippen molar-refractivity contribution in [2.75, 3.05) is 19.5 Å². The summed E-state index contributed by atoms with van der Waals surface area (Å²) in [7, 11) is 3.09. The summed E-state index contributed by atoms with van der Waals surface area (Å²) in [6.07, 6.45) is 5.38. The van der Waals surface area contributed by atoms with E-state index in [4.69, 9.17) is 9.47 Å². The Morgan fingerprint density at radius 2 is 1.55 bits per heavy atom. The lowest BCUT2D eigenvalue weighted by atomic mass is 9.90. The molecule has 0 spiro atoms. The van der Waals surface area contributed by atoms with Crippen molar-refractivity contribution in [3.8, 4) is 33.8 Å². The Labute approximate surface area is 177 Å². The first-order chi connectivity index (χ1) is 15.1. The van der Waals surface area contributed by atoms with Gasteiger partial charge in [-0.15, -0.1) is 0 Å². The average Bonchev–Trinajstić information content (AvgIpc) is 2.79. The molecule has 0 fully saturated rings. The first kappa shape index (κ1) is 19.1. The van der Waals surface area contributed by atoms with E-state index < -0.39 is 0 Å². The van der Waals surface area contributed by atoms with Crippen LogP contribution >= 0.6 is 0 Å². The summed E-state index contributed by atoms with van der Waals surface area (Å²) < 4.78 is 39.4. The molecule has 31 heavy (non-hydrogen) atoms. The zero-order valence-electron chi connectivity index (χ0n) is 16.9. The summed E-state index contributed by atoms with van der Waals surface area (Å²) in [5.41, 5.74) is 4.98. The Balaban J connectivity index is 1.92. The van der Waals surface area contributed by atoms with Crippen molar-refractivity contribution in [2.24, 2.45) is 0 Å². The van der Waals surface area contributed by atoms with Gasteiger partial charge in [0.2, 0.25) is 0 Å². The summed E-state index contributed by atoms with van der Waals surface area (Å²) in [6.45, 7) is 0. The number of halogens is 2. The van der Waals surface area contributed by atoms with Gasteiger partial charge in [-0.1, -0.05) is 24.3 Å². The van der Waals surface area contributed by atoms with Gasteiger partial charge in [0, 0.05) is 28.9 Å². The molecule has 0 atom stereocenters. The number of methoxy groups -OCH3 is 2. The number of benzene rings is 3. The van der Waals surface area contributed by atoms with E-state index >= 15 is 0 Å². The maximum atomic E-state index is 14.1. The summed E-state index contributed by atoms with van der Waals surface area (Å²) in [6, 6.07) is 12.7. The standard InChI is InChI=1S/C25H18F2N2O2/c1-30-24-20(15-6-4-8-17(27)12-15)18-9-10-28-22-19(14-5-3-7-16(26)11-14)13-29-23(21(18)22)25(24)31-2/h3-13,28H,1-2H3. The van der Waals surface area contributed by atoms with Gasteiger partial charge in [0.1, 0.15) is 17.2 Å². The quantitative estimate of drug-likeness (QED) is 0.426.